The molecule has 0 fully saturated rings. The van der Waals surface area contributed by atoms with Crippen molar-refractivity contribution in [2.45, 2.75) is 39.5 Å². The normalized spacial score (nSPS) is 12.1. The summed E-state index contributed by atoms with van der Waals surface area (Å²) in [5.41, 5.74) is 0.971. The summed E-state index contributed by atoms with van der Waals surface area (Å²) in [6.45, 7) is 4.32. The molecule has 1 aromatic carbocycles. The van der Waals surface area contributed by atoms with E-state index in [9.17, 15) is 14.7 Å². The Hall–Kier alpha value is -1.84. The van der Waals surface area contributed by atoms with Gasteiger partial charge in [-0.05, 0) is 17.9 Å². The van der Waals surface area contributed by atoms with Gasteiger partial charge in [0.1, 0.15) is 0 Å². The summed E-state index contributed by atoms with van der Waals surface area (Å²) in [4.78, 5) is 23.1. The van der Waals surface area contributed by atoms with Crippen molar-refractivity contribution in [3.63, 3.8) is 0 Å². The van der Waals surface area contributed by atoms with Crippen LogP contribution in [0.5, 0.6) is 0 Å². The maximum Gasteiger partial charge on any atom is 0.308 e. The number of hydrogen-bond donors (Lipinski definition) is 2. The molecular formula is C17H25NO3. The zero-order valence-corrected chi connectivity index (χ0v) is 12.8. The van der Waals surface area contributed by atoms with E-state index >= 15 is 0 Å². The SMILES string of the molecule is CCC(CC)CC(=O)NCC(Cc1ccccc1)C(=O)O. The summed E-state index contributed by atoms with van der Waals surface area (Å²) in [6.07, 6.45) is 2.85. The molecule has 1 aromatic rings. The molecule has 4 heteroatoms. The van der Waals surface area contributed by atoms with Crippen LogP contribution in [0.2, 0.25) is 0 Å². The second kappa shape index (κ2) is 9.16. The van der Waals surface area contributed by atoms with E-state index < -0.39 is 11.9 Å². The molecule has 116 valence electrons. The van der Waals surface area contributed by atoms with Gasteiger partial charge in [0.2, 0.25) is 5.91 Å². The van der Waals surface area contributed by atoms with Gasteiger partial charge in [-0.1, -0.05) is 57.0 Å². The van der Waals surface area contributed by atoms with E-state index in [-0.39, 0.29) is 12.5 Å². The van der Waals surface area contributed by atoms with Gasteiger partial charge in [-0.15, -0.1) is 0 Å². The molecule has 0 heterocycles. The highest BCUT2D eigenvalue weighted by Crippen LogP contribution is 2.12. The average Bonchev–Trinajstić information content (AvgIpc) is 2.49. The van der Waals surface area contributed by atoms with Crippen molar-refractivity contribution in [1.82, 2.24) is 5.32 Å². The lowest BCUT2D eigenvalue weighted by atomic mass is 9.97. The first-order valence-corrected chi connectivity index (χ1v) is 7.60. The molecule has 0 aliphatic rings. The maximum absolute atomic E-state index is 11.8. The summed E-state index contributed by atoms with van der Waals surface area (Å²) in [5.74, 6) is -1.13. The van der Waals surface area contributed by atoms with E-state index in [4.69, 9.17) is 0 Å². The van der Waals surface area contributed by atoms with Gasteiger partial charge in [0.15, 0.2) is 0 Å². The summed E-state index contributed by atoms with van der Waals surface area (Å²) in [7, 11) is 0. The van der Waals surface area contributed by atoms with E-state index in [2.05, 4.69) is 19.2 Å². The first kappa shape index (κ1) is 17.2. The topological polar surface area (TPSA) is 66.4 Å². The Morgan fingerprint density at radius 1 is 1.14 bits per heavy atom. The lowest BCUT2D eigenvalue weighted by Crippen LogP contribution is -2.34. The van der Waals surface area contributed by atoms with Crippen LogP contribution in [0.25, 0.3) is 0 Å². The zero-order valence-electron chi connectivity index (χ0n) is 12.8. The third-order valence-corrected chi connectivity index (χ3v) is 3.85. The van der Waals surface area contributed by atoms with Crippen molar-refractivity contribution in [1.29, 1.82) is 0 Å². The number of carboxylic acids is 1. The van der Waals surface area contributed by atoms with Crippen LogP contribution in [0.1, 0.15) is 38.7 Å². The number of carbonyl (C=O) groups excluding carboxylic acids is 1. The van der Waals surface area contributed by atoms with E-state index in [1.807, 2.05) is 30.3 Å². The lowest BCUT2D eigenvalue weighted by molar-refractivity contribution is -0.141. The summed E-state index contributed by atoms with van der Waals surface area (Å²) in [6, 6.07) is 9.49. The predicted octanol–water partition coefficient (Wildman–Crippen LogP) is 2.87. The minimum absolute atomic E-state index is 0.0528. The first-order chi connectivity index (χ1) is 10.1. The van der Waals surface area contributed by atoms with E-state index in [1.165, 1.54) is 0 Å². The van der Waals surface area contributed by atoms with Crippen molar-refractivity contribution >= 4 is 11.9 Å². The highest BCUT2D eigenvalue weighted by Gasteiger charge is 2.19. The van der Waals surface area contributed by atoms with Crippen molar-refractivity contribution in [2.75, 3.05) is 6.54 Å². The number of nitrogens with one attached hydrogen (secondary N) is 1. The van der Waals surface area contributed by atoms with Gasteiger partial charge in [0.25, 0.3) is 0 Å². The molecular weight excluding hydrogens is 266 g/mol. The van der Waals surface area contributed by atoms with Crippen LogP contribution in [0.3, 0.4) is 0 Å². The van der Waals surface area contributed by atoms with Gasteiger partial charge in [-0.2, -0.15) is 0 Å². The predicted molar refractivity (Wildman–Crippen MR) is 83.0 cm³/mol. The number of carbonyl (C=O) groups is 2. The quantitative estimate of drug-likeness (QED) is 0.735. The molecule has 1 atom stereocenters. The second-order valence-electron chi connectivity index (χ2n) is 5.42. The summed E-state index contributed by atoms with van der Waals surface area (Å²) < 4.78 is 0. The Labute approximate surface area is 126 Å². The molecule has 1 unspecified atom stereocenters. The number of hydrogen-bond acceptors (Lipinski definition) is 2. The van der Waals surface area contributed by atoms with Crippen molar-refractivity contribution in [3.05, 3.63) is 35.9 Å². The molecule has 1 amide bonds. The maximum atomic E-state index is 11.8. The van der Waals surface area contributed by atoms with Crippen molar-refractivity contribution in [2.24, 2.45) is 11.8 Å². The van der Waals surface area contributed by atoms with Crippen molar-refractivity contribution in [3.8, 4) is 0 Å². The molecule has 0 aliphatic carbocycles. The largest absolute Gasteiger partial charge is 0.481 e. The fraction of sp³-hybridized carbons (Fsp3) is 0.529. The van der Waals surface area contributed by atoms with Gasteiger partial charge in [0, 0.05) is 13.0 Å². The van der Waals surface area contributed by atoms with Crippen molar-refractivity contribution < 1.29 is 14.7 Å². The van der Waals surface area contributed by atoms with Crippen LogP contribution in [-0.4, -0.2) is 23.5 Å². The third kappa shape index (κ3) is 6.43. The van der Waals surface area contributed by atoms with Crippen LogP contribution < -0.4 is 5.32 Å². The Balaban J connectivity index is 2.48. The van der Waals surface area contributed by atoms with Gasteiger partial charge >= 0.3 is 5.97 Å². The Kier molecular flexibility index (Phi) is 7.51. The van der Waals surface area contributed by atoms with Crippen LogP contribution in [0.15, 0.2) is 30.3 Å². The van der Waals surface area contributed by atoms with Crippen LogP contribution in [-0.2, 0) is 16.0 Å². The van der Waals surface area contributed by atoms with E-state index in [0.717, 1.165) is 18.4 Å². The molecule has 1 rings (SSSR count). The number of rotatable bonds is 9. The molecule has 21 heavy (non-hydrogen) atoms. The monoisotopic (exact) mass is 291 g/mol. The molecule has 0 saturated carbocycles. The number of benzene rings is 1. The smallest absolute Gasteiger partial charge is 0.308 e. The molecule has 4 nitrogen and oxygen atoms in total. The molecule has 0 bridgehead atoms. The standard InChI is InChI=1S/C17H25NO3/c1-3-13(4-2)11-16(19)18-12-15(17(20)21)10-14-8-6-5-7-9-14/h5-9,13,15H,3-4,10-12H2,1-2H3,(H,18,19)(H,20,21). The van der Waals surface area contributed by atoms with E-state index in [1.54, 1.807) is 0 Å². The lowest BCUT2D eigenvalue weighted by Gasteiger charge is -2.16. The first-order valence-electron chi connectivity index (χ1n) is 7.60. The summed E-state index contributed by atoms with van der Waals surface area (Å²) >= 11 is 0. The van der Waals surface area contributed by atoms with Gasteiger partial charge in [-0.3, -0.25) is 9.59 Å². The fourth-order valence-electron chi connectivity index (χ4n) is 2.29. The Bertz CT molecular complexity index is 441. The molecule has 0 spiro atoms. The Morgan fingerprint density at radius 2 is 1.76 bits per heavy atom. The minimum atomic E-state index is -0.873. The average molecular weight is 291 g/mol. The molecule has 0 radical (unpaired) electrons. The second-order valence-corrected chi connectivity index (χ2v) is 5.42. The third-order valence-electron chi connectivity index (χ3n) is 3.85. The minimum Gasteiger partial charge on any atom is -0.481 e. The van der Waals surface area contributed by atoms with Crippen LogP contribution in [0, 0.1) is 11.8 Å². The molecule has 0 aromatic heterocycles. The molecule has 2 N–H and O–H groups in total. The van der Waals surface area contributed by atoms with Crippen LogP contribution in [0.4, 0.5) is 0 Å². The van der Waals surface area contributed by atoms with Gasteiger partial charge < -0.3 is 10.4 Å². The zero-order chi connectivity index (χ0) is 15.7. The number of amides is 1. The molecule has 0 saturated heterocycles. The summed E-state index contributed by atoms with van der Waals surface area (Å²) in [5, 5.41) is 12.0. The van der Waals surface area contributed by atoms with E-state index in [0.29, 0.717) is 18.8 Å². The van der Waals surface area contributed by atoms with Gasteiger partial charge in [0.05, 0.1) is 5.92 Å². The molecule has 0 aliphatic heterocycles. The van der Waals surface area contributed by atoms with Gasteiger partial charge in [-0.25, -0.2) is 0 Å². The highest BCUT2D eigenvalue weighted by atomic mass is 16.4. The Morgan fingerprint density at radius 3 is 2.29 bits per heavy atom. The highest BCUT2D eigenvalue weighted by molar-refractivity contribution is 5.77. The number of carboxylic acid groups (broad SMARTS) is 1. The van der Waals surface area contributed by atoms with Crippen LogP contribution >= 0.6 is 0 Å². The fourth-order valence-corrected chi connectivity index (χ4v) is 2.29. The number of aliphatic carboxylic acids is 1.